The maximum Gasteiger partial charge on any atom is 0.264 e. The zero-order valence-corrected chi connectivity index (χ0v) is 12.6. The summed E-state index contributed by atoms with van der Waals surface area (Å²) >= 11 is 1.46. The van der Waals surface area contributed by atoms with Crippen LogP contribution >= 0.6 is 11.3 Å². The molecular weight excluding hydrogens is 286 g/mol. The maximum absolute atomic E-state index is 12.4. The number of anilines is 1. The number of nitrogens with one attached hydrogen (secondary N) is 1. The van der Waals surface area contributed by atoms with Crippen molar-refractivity contribution in [2.45, 2.75) is 13.5 Å². The molecule has 0 aliphatic rings. The number of carbonyl (C=O) groups excluding carboxylic acids is 1. The molecule has 0 bridgehead atoms. The van der Waals surface area contributed by atoms with E-state index in [0.717, 1.165) is 15.9 Å². The Balaban J connectivity index is 1.82. The van der Waals surface area contributed by atoms with Gasteiger partial charge < -0.3 is 10.6 Å². The number of aryl methyl sites for hydroxylation is 1. The number of nitrogens with two attached hydrogens (primary N) is 1. The molecule has 0 aliphatic carbocycles. The highest BCUT2D eigenvalue weighted by molar-refractivity contribution is 7.20. The number of hydrogen-bond donors (Lipinski definition) is 2. The van der Waals surface area contributed by atoms with Crippen molar-refractivity contribution in [1.29, 1.82) is 0 Å². The Morgan fingerprint density at radius 3 is 2.95 bits per heavy atom. The van der Waals surface area contributed by atoms with E-state index in [0.29, 0.717) is 22.9 Å². The number of aromatic nitrogens is 3. The third-order valence-corrected chi connectivity index (χ3v) is 4.22. The number of amides is 1. The highest BCUT2D eigenvalue weighted by Gasteiger charge is 2.16. The summed E-state index contributed by atoms with van der Waals surface area (Å²) in [5.74, 6) is 1.30. The summed E-state index contributed by atoms with van der Waals surface area (Å²) in [6.45, 7) is 2.20. The number of hydrogen-bond acceptors (Lipinski definition) is 5. The molecule has 2 heterocycles. The van der Waals surface area contributed by atoms with Gasteiger partial charge in [0.05, 0.1) is 11.4 Å². The van der Waals surface area contributed by atoms with Crippen LogP contribution in [0.4, 0.5) is 5.69 Å². The molecule has 0 fully saturated rings. The van der Waals surface area contributed by atoms with Crippen molar-refractivity contribution in [1.82, 2.24) is 20.1 Å². The van der Waals surface area contributed by atoms with Gasteiger partial charge >= 0.3 is 0 Å². The van der Waals surface area contributed by atoms with Crippen molar-refractivity contribution >= 4 is 33.0 Å². The molecule has 3 aromatic rings. The second-order valence-electron chi connectivity index (χ2n) is 4.91. The molecule has 3 rings (SSSR count). The molecule has 3 N–H and O–H groups in total. The summed E-state index contributed by atoms with van der Waals surface area (Å²) in [6.07, 6.45) is 0. The molecule has 0 atom stereocenters. The predicted octanol–water partition coefficient (Wildman–Crippen LogP) is 2.18. The third-order valence-electron chi connectivity index (χ3n) is 3.12. The number of H-pyrrole nitrogens is 1. The van der Waals surface area contributed by atoms with Gasteiger partial charge in [-0.2, -0.15) is 5.10 Å². The van der Waals surface area contributed by atoms with Crippen LogP contribution in [0.15, 0.2) is 24.3 Å². The molecule has 2 aromatic heterocycles. The highest BCUT2D eigenvalue weighted by atomic mass is 32.1. The van der Waals surface area contributed by atoms with Crippen LogP contribution in [-0.4, -0.2) is 33.0 Å². The van der Waals surface area contributed by atoms with Gasteiger partial charge in [-0.05, 0) is 36.6 Å². The fraction of sp³-hybridized carbons (Fsp3) is 0.214. The van der Waals surface area contributed by atoms with Gasteiger partial charge in [-0.1, -0.05) is 0 Å². The molecule has 1 aromatic carbocycles. The van der Waals surface area contributed by atoms with Crippen LogP contribution in [0.3, 0.4) is 0 Å². The third kappa shape index (κ3) is 2.73. The van der Waals surface area contributed by atoms with Crippen molar-refractivity contribution in [3.8, 4) is 0 Å². The first-order valence-corrected chi connectivity index (χ1v) is 7.27. The van der Waals surface area contributed by atoms with E-state index in [1.807, 2.05) is 31.2 Å². The Kier molecular flexibility index (Phi) is 3.34. The van der Waals surface area contributed by atoms with Gasteiger partial charge in [-0.15, -0.1) is 11.3 Å². The lowest BCUT2D eigenvalue weighted by molar-refractivity contribution is 0.0786. The minimum absolute atomic E-state index is 0.0442. The molecule has 0 aliphatic heterocycles. The lowest BCUT2D eigenvalue weighted by Gasteiger charge is -2.13. The molecule has 7 heteroatoms. The summed E-state index contributed by atoms with van der Waals surface area (Å²) < 4.78 is 1.05. The van der Waals surface area contributed by atoms with E-state index in [4.69, 9.17) is 5.73 Å². The number of rotatable bonds is 3. The molecule has 0 saturated heterocycles. The Bertz CT molecular complexity index is 807. The number of fused-ring (bicyclic) bond motifs is 1. The van der Waals surface area contributed by atoms with Gasteiger partial charge in [-0.25, -0.2) is 4.98 Å². The van der Waals surface area contributed by atoms with E-state index in [1.165, 1.54) is 11.3 Å². The monoisotopic (exact) mass is 301 g/mol. The van der Waals surface area contributed by atoms with E-state index in [1.54, 1.807) is 11.9 Å². The average molecular weight is 301 g/mol. The summed E-state index contributed by atoms with van der Waals surface area (Å²) in [7, 11) is 1.74. The molecule has 1 amide bonds. The summed E-state index contributed by atoms with van der Waals surface area (Å²) in [4.78, 5) is 19.0. The lowest BCUT2D eigenvalue weighted by Crippen LogP contribution is -2.26. The lowest BCUT2D eigenvalue weighted by atomic mass is 10.2. The van der Waals surface area contributed by atoms with Crippen molar-refractivity contribution < 1.29 is 4.79 Å². The molecule has 0 saturated carbocycles. The first-order chi connectivity index (χ1) is 10.0. The Hall–Kier alpha value is -2.41. The molecule has 21 heavy (non-hydrogen) atoms. The van der Waals surface area contributed by atoms with Crippen LogP contribution in [-0.2, 0) is 6.54 Å². The van der Waals surface area contributed by atoms with E-state index >= 15 is 0 Å². The second-order valence-corrected chi connectivity index (χ2v) is 5.99. The molecule has 0 spiro atoms. The van der Waals surface area contributed by atoms with Gasteiger partial charge in [0.25, 0.3) is 5.91 Å². The van der Waals surface area contributed by atoms with Crippen LogP contribution in [0.5, 0.6) is 0 Å². The quantitative estimate of drug-likeness (QED) is 0.726. The van der Waals surface area contributed by atoms with E-state index in [-0.39, 0.29) is 5.91 Å². The van der Waals surface area contributed by atoms with Gasteiger partial charge in [0.15, 0.2) is 5.82 Å². The SMILES string of the molecule is Cc1nc(CN(C)C(=O)c2cc3cc(N)ccc3s2)n[nH]1. The summed E-state index contributed by atoms with van der Waals surface area (Å²) in [5, 5.41) is 7.80. The Morgan fingerprint density at radius 1 is 1.43 bits per heavy atom. The number of aromatic amines is 1. The van der Waals surface area contributed by atoms with Crippen LogP contribution in [0.1, 0.15) is 21.3 Å². The van der Waals surface area contributed by atoms with Crippen LogP contribution < -0.4 is 5.73 Å². The first-order valence-electron chi connectivity index (χ1n) is 6.45. The smallest absolute Gasteiger partial charge is 0.264 e. The molecular formula is C14H15N5OS. The van der Waals surface area contributed by atoms with Crippen molar-refractivity contribution in [3.05, 3.63) is 40.8 Å². The standard InChI is InChI=1S/C14H15N5OS/c1-8-16-13(18-17-8)7-19(2)14(20)12-6-9-5-10(15)3-4-11(9)21-12/h3-6H,7,15H2,1-2H3,(H,16,17,18). The zero-order valence-electron chi connectivity index (χ0n) is 11.8. The van der Waals surface area contributed by atoms with Crippen LogP contribution in [0.25, 0.3) is 10.1 Å². The number of thiophene rings is 1. The Morgan fingerprint density at radius 2 is 2.24 bits per heavy atom. The van der Waals surface area contributed by atoms with Crippen molar-refractivity contribution in [2.75, 3.05) is 12.8 Å². The fourth-order valence-corrected chi connectivity index (χ4v) is 3.14. The number of nitrogen functional groups attached to an aromatic ring is 1. The Labute approximate surface area is 125 Å². The number of carbonyl (C=O) groups is 1. The summed E-state index contributed by atoms with van der Waals surface area (Å²) in [5.41, 5.74) is 6.46. The largest absolute Gasteiger partial charge is 0.399 e. The first kappa shape index (κ1) is 13.6. The normalized spacial score (nSPS) is 11.0. The van der Waals surface area contributed by atoms with Crippen LogP contribution in [0, 0.1) is 6.92 Å². The molecule has 108 valence electrons. The number of nitrogens with zero attached hydrogens (tertiary/aromatic N) is 3. The van der Waals surface area contributed by atoms with Gasteiger partial charge in [0, 0.05) is 17.4 Å². The van der Waals surface area contributed by atoms with Gasteiger partial charge in [-0.3, -0.25) is 9.89 Å². The summed E-state index contributed by atoms with van der Waals surface area (Å²) in [6, 6.07) is 7.53. The predicted molar refractivity (Wildman–Crippen MR) is 83.2 cm³/mol. The van der Waals surface area contributed by atoms with Crippen LogP contribution in [0.2, 0.25) is 0 Å². The minimum atomic E-state index is -0.0442. The van der Waals surface area contributed by atoms with E-state index in [2.05, 4.69) is 15.2 Å². The van der Waals surface area contributed by atoms with Crippen molar-refractivity contribution in [2.24, 2.45) is 0 Å². The van der Waals surface area contributed by atoms with Gasteiger partial charge in [0.1, 0.15) is 5.82 Å². The second kappa shape index (κ2) is 5.17. The number of benzene rings is 1. The van der Waals surface area contributed by atoms with Crippen molar-refractivity contribution in [3.63, 3.8) is 0 Å². The topological polar surface area (TPSA) is 87.9 Å². The highest BCUT2D eigenvalue weighted by Crippen LogP contribution is 2.28. The average Bonchev–Trinajstić information content (AvgIpc) is 3.03. The molecule has 6 nitrogen and oxygen atoms in total. The fourth-order valence-electron chi connectivity index (χ4n) is 2.10. The zero-order chi connectivity index (χ0) is 15.0. The van der Waals surface area contributed by atoms with E-state index < -0.39 is 0 Å². The van der Waals surface area contributed by atoms with Gasteiger partial charge in [0.2, 0.25) is 0 Å². The maximum atomic E-state index is 12.4. The molecule has 0 unspecified atom stereocenters. The minimum Gasteiger partial charge on any atom is -0.399 e. The van der Waals surface area contributed by atoms with E-state index in [9.17, 15) is 4.79 Å². The molecule has 0 radical (unpaired) electrons.